The van der Waals surface area contributed by atoms with E-state index in [1.807, 2.05) is 90.4 Å². The smallest absolute Gasteiger partial charge is 0.245 e. The highest BCUT2D eigenvalue weighted by atomic mass is 16.8. The summed E-state index contributed by atoms with van der Waals surface area (Å²) in [6.45, 7) is 22.4. The summed E-state index contributed by atoms with van der Waals surface area (Å²) in [5.41, 5.74) is 0.810. The Hall–Kier alpha value is -6.73. The molecule has 1 saturated heterocycles. The molecule has 0 saturated carbocycles. The summed E-state index contributed by atoms with van der Waals surface area (Å²) in [6, 6.07) is 2.60. The van der Waals surface area contributed by atoms with Gasteiger partial charge in [0.2, 0.25) is 41.4 Å². The van der Waals surface area contributed by atoms with Gasteiger partial charge >= 0.3 is 0 Å². The lowest BCUT2D eigenvalue weighted by Gasteiger charge is -2.33. The fourth-order valence-electron chi connectivity index (χ4n) is 9.01. The molecule has 7 amide bonds. The first kappa shape index (κ1) is 58.8. The topological polar surface area (TPSA) is 255 Å². The van der Waals surface area contributed by atoms with Gasteiger partial charge in [-0.3, -0.25) is 44.0 Å². The fourth-order valence-corrected chi connectivity index (χ4v) is 9.01. The van der Waals surface area contributed by atoms with Crippen LogP contribution in [0.2, 0.25) is 0 Å². The Balaban J connectivity index is 1.97. The van der Waals surface area contributed by atoms with Crippen LogP contribution in [0.3, 0.4) is 0 Å². The second-order valence-electron chi connectivity index (χ2n) is 21.0. The minimum atomic E-state index is -1.46. The molecule has 2 heterocycles. The number of hydrogen-bond acceptors (Lipinski definition) is 11. The Labute approximate surface area is 429 Å². The van der Waals surface area contributed by atoms with Gasteiger partial charge in [0.1, 0.15) is 53.7 Å². The Morgan fingerprint density at radius 1 is 0.685 bits per heavy atom. The van der Waals surface area contributed by atoms with Gasteiger partial charge in [-0.1, -0.05) is 84.0 Å². The third-order valence-corrected chi connectivity index (χ3v) is 13.2. The van der Waals surface area contributed by atoms with E-state index in [-0.39, 0.29) is 67.1 Å². The molecule has 0 unspecified atom stereocenters. The van der Waals surface area contributed by atoms with Gasteiger partial charge in [0.25, 0.3) is 0 Å². The lowest BCUT2D eigenvalue weighted by molar-refractivity contribution is -0.144. The second kappa shape index (κ2) is 25.8. The van der Waals surface area contributed by atoms with Crippen LogP contribution in [0.15, 0.2) is 73.5 Å². The fraction of sp³-hybridized carbons (Fsp3) is 0.537. The summed E-state index contributed by atoms with van der Waals surface area (Å²) in [4.78, 5) is 105. The molecule has 7 atom stereocenters. The molecule has 1 aliphatic rings. The minimum Gasteiger partial charge on any atom is -0.506 e. The molecule has 73 heavy (non-hydrogen) atoms. The van der Waals surface area contributed by atoms with E-state index in [0.717, 1.165) is 10.9 Å². The number of aromatic hydroxyl groups is 1. The van der Waals surface area contributed by atoms with Crippen LogP contribution in [-0.4, -0.2) is 128 Å². The Bertz CT molecular complexity index is 2500. The van der Waals surface area contributed by atoms with E-state index < -0.39 is 101 Å². The Morgan fingerprint density at radius 2 is 1.21 bits per heavy atom. The van der Waals surface area contributed by atoms with E-state index in [1.165, 1.54) is 49.0 Å². The number of amides is 7. The number of nitrogens with zero attached hydrogens (tertiary/aromatic N) is 4. The monoisotopic (exact) mass is 1010 g/mol. The summed E-state index contributed by atoms with van der Waals surface area (Å²) in [6.07, 6.45) is 7.23. The molecule has 1 aromatic heterocycles. The van der Waals surface area contributed by atoms with Crippen molar-refractivity contribution in [2.45, 2.75) is 156 Å². The van der Waals surface area contributed by atoms with Crippen LogP contribution in [0.25, 0.3) is 10.9 Å². The summed E-state index contributed by atoms with van der Waals surface area (Å²) < 4.78 is 2.03. The number of para-hydroxylation sites is 1. The van der Waals surface area contributed by atoms with E-state index >= 15 is 4.79 Å². The van der Waals surface area contributed by atoms with E-state index in [2.05, 4.69) is 33.2 Å². The molecular formula is C54H79N9O10. The third kappa shape index (κ3) is 15.4. The molecule has 0 radical (unpaired) electrons. The number of anilines is 1. The molecule has 4 rings (SSSR count). The summed E-state index contributed by atoms with van der Waals surface area (Å²) >= 11 is 0. The van der Waals surface area contributed by atoms with Gasteiger partial charge in [-0.2, -0.15) is 0 Å². The predicted octanol–water partition coefficient (Wildman–Crippen LogP) is 4.85. The van der Waals surface area contributed by atoms with Gasteiger partial charge in [0, 0.05) is 44.0 Å². The van der Waals surface area contributed by atoms with Crippen LogP contribution >= 0.6 is 0 Å². The van der Waals surface area contributed by atoms with Crippen molar-refractivity contribution < 1.29 is 49.1 Å². The molecule has 1 aliphatic heterocycles. The quantitative estimate of drug-likeness (QED) is 0.0754. The average Bonchev–Trinajstić information content (AvgIpc) is 3.70. The van der Waals surface area contributed by atoms with E-state index in [0.29, 0.717) is 5.56 Å². The van der Waals surface area contributed by atoms with Gasteiger partial charge in [0.05, 0.1) is 5.54 Å². The number of aromatic nitrogens is 1. The first-order valence-electron chi connectivity index (χ1n) is 25.1. The summed E-state index contributed by atoms with van der Waals surface area (Å²) in [7, 11) is 2.86. The highest BCUT2D eigenvalue weighted by Crippen LogP contribution is 2.31. The molecule has 400 valence electrons. The molecule has 0 spiro atoms. The number of phenolic OH excluding ortho intramolecular Hbond substituents is 1. The van der Waals surface area contributed by atoms with Crippen LogP contribution < -0.4 is 31.8 Å². The molecule has 2 aromatic carbocycles. The SMILES string of the molecule is C=CC(C)(C)n1cc(C[C@@H]2NC(=O)[C@H](C/C=C/C)NC(=O)[C@H](CC(C)C)NC(=O)[C@H](CC(C)C)N(C)C(=O)[C@H](C)NC(=O)[C@H](Cc3ccc(O)c(N(O)O)c3)NC(=O)[C@H](CC(C)C)N(C)C2=O)c2ccccc21. The highest BCUT2D eigenvalue weighted by molar-refractivity contribution is 5.99. The highest BCUT2D eigenvalue weighted by Gasteiger charge is 2.39. The van der Waals surface area contributed by atoms with Crippen LogP contribution in [-0.2, 0) is 51.9 Å². The molecule has 19 nitrogen and oxygen atoms in total. The van der Waals surface area contributed by atoms with Crippen molar-refractivity contribution in [2.24, 2.45) is 17.8 Å². The molecule has 0 aliphatic carbocycles. The zero-order valence-electron chi connectivity index (χ0n) is 44.6. The molecule has 8 N–H and O–H groups in total. The van der Waals surface area contributed by atoms with Crippen molar-refractivity contribution in [3.63, 3.8) is 0 Å². The first-order valence-corrected chi connectivity index (χ1v) is 25.1. The number of carbonyl (C=O) groups is 7. The second-order valence-corrected chi connectivity index (χ2v) is 21.0. The maximum atomic E-state index is 15.3. The lowest BCUT2D eigenvalue weighted by Crippen LogP contribution is -2.60. The zero-order valence-corrected chi connectivity index (χ0v) is 44.6. The molecule has 1 fully saturated rings. The van der Waals surface area contributed by atoms with Crippen molar-refractivity contribution in [1.82, 2.24) is 41.0 Å². The van der Waals surface area contributed by atoms with Gasteiger partial charge in [-0.25, -0.2) is 0 Å². The van der Waals surface area contributed by atoms with Crippen molar-refractivity contribution in [3.8, 4) is 5.75 Å². The average molecular weight is 1010 g/mol. The number of rotatable bonds is 15. The molecular weight excluding hydrogens is 935 g/mol. The largest absolute Gasteiger partial charge is 0.506 e. The van der Waals surface area contributed by atoms with Gasteiger partial charge < -0.3 is 46.1 Å². The normalized spacial score (nSPS) is 22.9. The van der Waals surface area contributed by atoms with Crippen LogP contribution in [0.5, 0.6) is 5.75 Å². The molecule has 3 aromatic rings. The first-order chi connectivity index (χ1) is 34.2. The third-order valence-electron chi connectivity index (χ3n) is 13.2. The summed E-state index contributed by atoms with van der Waals surface area (Å²) in [5, 5.41) is 44.7. The number of allylic oxidation sites excluding steroid dienone is 2. The number of likely N-dealkylation sites (N-methyl/N-ethyl adjacent to an activating group) is 2. The van der Waals surface area contributed by atoms with Crippen molar-refractivity contribution in [2.75, 3.05) is 19.3 Å². The molecule has 19 heteroatoms. The van der Waals surface area contributed by atoms with Gasteiger partial charge in [0.15, 0.2) is 0 Å². The molecule has 0 bridgehead atoms. The maximum Gasteiger partial charge on any atom is 0.245 e. The minimum absolute atomic E-state index is 0.0169. The number of benzene rings is 2. The standard InChI is InChI=1S/C54H79N9O10/c1-14-16-20-38-47(65)59-41(29-36-30-62(54(10,11)15-2)42-21-18-17-19-37(36)42)53(71)61(13)45(26-33(7)8)51(69)58-40(27-35-22-23-46(64)43(28-35)63(72)73)48(66)55-34(9)52(70)60(12)44(25-32(5)6)50(68)57-39(24-31(3)4)49(67)56-38/h14-19,21-23,28,30-34,38-41,44-45,64,72-73H,2,20,24-27,29H2,1,3-13H3,(H,55,66)(H,56,67)(H,57,68)(H,58,69)(H,59,65)/b16-14+/t34-,38-,39-,40-,41-,44-,45-/m0/s1. The van der Waals surface area contributed by atoms with E-state index in [1.54, 1.807) is 25.2 Å². The zero-order chi connectivity index (χ0) is 54.6. The van der Waals surface area contributed by atoms with Crippen LogP contribution in [0, 0.1) is 17.8 Å². The number of phenols is 1. The van der Waals surface area contributed by atoms with Crippen LogP contribution in [0.1, 0.15) is 106 Å². The van der Waals surface area contributed by atoms with Gasteiger partial charge in [-0.05, 0) is 100 Å². The van der Waals surface area contributed by atoms with Crippen LogP contribution in [0.4, 0.5) is 5.69 Å². The maximum absolute atomic E-state index is 15.3. The Kier molecular flexibility index (Phi) is 20.8. The number of nitrogens with one attached hydrogen (secondary N) is 5. The Morgan fingerprint density at radius 3 is 1.77 bits per heavy atom. The van der Waals surface area contributed by atoms with E-state index in [9.17, 15) is 44.3 Å². The van der Waals surface area contributed by atoms with Gasteiger partial charge in [-0.15, -0.1) is 11.8 Å². The van der Waals surface area contributed by atoms with E-state index in [4.69, 9.17) is 0 Å². The number of hydrogen-bond donors (Lipinski definition) is 8. The lowest BCUT2D eigenvalue weighted by atomic mass is 9.98. The number of carbonyl (C=O) groups excluding carboxylic acids is 7. The van der Waals surface area contributed by atoms with Crippen molar-refractivity contribution in [1.29, 1.82) is 0 Å². The van der Waals surface area contributed by atoms with Crippen molar-refractivity contribution in [3.05, 3.63) is 84.6 Å². The predicted molar refractivity (Wildman–Crippen MR) is 279 cm³/mol. The van der Waals surface area contributed by atoms with Crippen molar-refractivity contribution >= 4 is 57.9 Å². The number of fused-ring (bicyclic) bond motifs is 1. The summed E-state index contributed by atoms with van der Waals surface area (Å²) in [5.74, 6) is -5.81.